The van der Waals surface area contributed by atoms with Crippen molar-refractivity contribution >= 4 is 40.8 Å². The van der Waals surface area contributed by atoms with Gasteiger partial charge in [-0.1, -0.05) is 37.0 Å². The zero-order valence-electron chi connectivity index (χ0n) is 17.5. The summed E-state index contributed by atoms with van der Waals surface area (Å²) >= 11 is 3.51. The van der Waals surface area contributed by atoms with E-state index in [4.69, 9.17) is 18.6 Å². The van der Waals surface area contributed by atoms with Crippen LogP contribution in [0, 0.1) is 0 Å². The molecule has 1 aromatic heterocycles. The van der Waals surface area contributed by atoms with Crippen molar-refractivity contribution in [3.8, 4) is 23.2 Å². The quantitative estimate of drug-likeness (QED) is 0.434. The summed E-state index contributed by atoms with van der Waals surface area (Å²) in [7, 11) is 1.55. The number of hydrogen-bond acceptors (Lipinski definition) is 5. The first-order chi connectivity index (χ1) is 14.2. The van der Waals surface area contributed by atoms with E-state index >= 15 is 0 Å². The lowest BCUT2D eigenvalue weighted by Crippen LogP contribution is -2.37. The molecule has 0 unspecified atom stereocenters. The van der Waals surface area contributed by atoms with Crippen LogP contribution in [-0.2, 0) is 0 Å². The number of nitrogens with one attached hydrogen (secondary N) is 1. The van der Waals surface area contributed by atoms with Crippen molar-refractivity contribution in [2.75, 3.05) is 19.5 Å². The number of furan rings is 1. The Labute approximate surface area is 185 Å². The molecular weight excluding hydrogens is 466 g/mol. The van der Waals surface area contributed by atoms with Crippen molar-refractivity contribution in [2.45, 2.75) is 19.6 Å². The van der Waals surface area contributed by atoms with Crippen LogP contribution in [0.1, 0.15) is 10.6 Å². The monoisotopic (exact) mass is 489 g/mol. The SMILES string of the molecule is COc1cccc(OC)c1NC(=O)c1ccc(Oc2cc([Si](C)(C)C)ccc2Br)o1. The normalized spacial score (nSPS) is 11.1. The van der Waals surface area contributed by atoms with E-state index in [2.05, 4.69) is 47.0 Å². The van der Waals surface area contributed by atoms with Crippen LogP contribution in [0.15, 0.2) is 57.4 Å². The van der Waals surface area contributed by atoms with Crippen molar-refractivity contribution in [2.24, 2.45) is 0 Å². The van der Waals surface area contributed by atoms with E-state index in [0.29, 0.717) is 22.9 Å². The van der Waals surface area contributed by atoms with Crippen LogP contribution < -0.4 is 24.7 Å². The maximum Gasteiger partial charge on any atom is 0.291 e. The highest BCUT2D eigenvalue weighted by Gasteiger charge is 2.20. The molecule has 0 bridgehead atoms. The second kappa shape index (κ2) is 8.97. The molecule has 0 saturated carbocycles. The number of anilines is 1. The number of carbonyl (C=O) groups is 1. The standard InChI is InChI=1S/C22H24BrNO5Si/c1-26-16-7-6-8-17(27-2)21(16)24-22(25)18-11-12-20(28-18)29-19-13-14(30(3,4)5)9-10-15(19)23/h6-13H,1-5H3,(H,24,25). The summed E-state index contributed by atoms with van der Waals surface area (Å²) in [5.74, 6) is 1.50. The van der Waals surface area contributed by atoms with Gasteiger partial charge in [0.25, 0.3) is 11.9 Å². The van der Waals surface area contributed by atoms with E-state index in [0.717, 1.165) is 4.47 Å². The molecule has 1 heterocycles. The molecule has 158 valence electrons. The largest absolute Gasteiger partial charge is 0.494 e. The summed E-state index contributed by atoms with van der Waals surface area (Å²) < 4.78 is 22.9. The minimum Gasteiger partial charge on any atom is -0.494 e. The number of para-hydroxylation sites is 1. The molecule has 8 heteroatoms. The van der Waals surface area contributed by atoms with Gasteiger partial charge in [-0.15, -0.1) is 0 Å². The van der Waals surface area contributed by atoms with Gasteiger partial charge < -0.3 is 23.9 Å². The van der Waals surface area contributed by atoms with Crippen LogP contribution in [0.4, 0.5) is 5.69 Å². The number of hydrogen-bond donors (Lipinski definition) is 1. The average molecular weight is 490 g/mol. The molecule has 0 aliphatic rings. The summed E-state index contributed by atoms with van der Waals surface area (Å²) in [4.78, 5) is 12.7. The Bertz CT molecular complexity index is 1040. The second-order valence-electron chi connectivity index (χ2n) is 7.61. The van der Waals surface area contributed by atoms with E-state index in [9.17, 15) is 4.79 Å². The van der Waals surface area contributed by atoms with Crippen molar-refractivity contribution in [1.82, 2.24) is 0 Å². The fraction of sp³-hybridized carbons (Fsp3) is 0.227. The van der Waals surface area contributed by atoms with E-state index in [1.807, 2.05) is 12.1 Å². The van der Waals surface area contributed by atoms with Gasteiger partial charge in [0.1, 0.15) is 22.9 Å². The third-order valence-electron chi connectivity index (χ3n) is 4.48. The van der Waals surface area contributed by atoms with Crippen LogP contribution >= 0.6 is 15.9 Å². The zero-order chi connectivity index (χ0) is 21.9. The number of methoxy groups -OCH3 is 2. The first-order valence-corrected chi connectivity index (χ1v) is 13.6. The summed E-state index contributed by atoms with van der Waals surface area (Å²) in [5.41, 5.74) is 0.428. The molecule has 0 saturated heterocycles. The van der Waals surface area contributed by atoms with Crippen LogP contribution in [0.25, 0.3) is 0 Å². The molecule has 0 aliphatic carbocycles. The molecule has 0 spiro atoms. The highest BCUT2D eigenvalue weighted by molar-refractivity contribution is 9.10. The Morgan fingerprint density at radius 1 is 0.967 bits per heavy atom. The molecule has 0 atom stereocenters. The molecular formula is C22H24BrNO5Si. The fourth-order valence-electron chi connectivity index (χ4n) is 2.80. The predicted molar refractivity (Wildman–Crippen MR) is 123 cm³/mol. The third-order valence-corrected chi connectivity index (χ3v) is 7.18. The number of halogens is 1. The van der Waals surface area contributed by atoms with Crippen LogP contribution in [0.3, 0.4) is 0 Å². The Morgan fingerprint density at radius 3 is 2.23 bits per heavy atom. The van der Waals surface area contributed by atoms with Crippen LogP contribution in [0.2, 0.25) is 19.6 Å². The molecule has 3 rings (SSSR count). The van der Waals surface area contributed by atoms with Gasteiger partial charge in [-0.3, -0.25) is 4.79 Å². The van der Waals surface area contributed by atoms with Crippen LogP contribution in [0.5, 0.6) is 23.2 Å². The smallest absolute Gasteiger partial charge is 0.291 e. The molecule has 0 radical (unpaired) electrons. The van der Waals surface area contributed by atoms with Crippen molar-refractivity contribution in [3.05, 3.63) is 58.8 Å². The Balaban J connectivity index is 1.80. The highest BCUT2D eigenvalue weighted by Crippen LogP contribution is 2.35. The van der Waals surface area contributed by atoms with E-state index < -0.39 is 14.0 Å². The third kappa shape index (κ3) is 4.88. The van der Waals surface area contributed by atoms with Crippen LogP contribution in [-0.4, -0.2) is 28.2 Å². The van der Waals surface area contributed by atoms with Gasteiger partial charge in [0.2, 0.25) is 0 Å². The van der Waals surface area contributed by atoms with Gasteiger partial charge in [-0.05, 0) is 46.3 Å². The maximum absolute atomic E-state index is 12.7. The molecule has 0 aliphatic heterocycles. The lowest BCUT2D eigenvalue weighted by molar-refractivity contribution is 0.0991. The summed E-state index contributed by atoms with van der Waals surface area (Å²) in [5, 5.41) is 4.03. The number of benzene rings is 2. The summed E-state index contributed by atoms with van der Waals surface area (Å²) in [6.07, 6.45) is 0. The minimum absolute atomic E-state index is 0.107. The molecule has 3 aromatic rings. The average Bonchev–Trinajstić information content (AvgIpc) is 3.17. The van der Waals surface area contributed by atoms with Gasteiger partial charge in [0.15, 0.2) is 5.76 Å². The number of ether oxygens (including phenoxy) is 3. The zero-order valence-corrected chi connectivity index (χ0v) is 20.1. The lowest BCUT2D eigenvalue weighted by atomic mass is 10.2. The van der Waals surface area contributed by atoms with Gasteiger partial charge in [-0.2, -0.15) is 0 Å². The Morgan fingerprint density at radius 2 is 1.63 bits per heavy atom. The number of rotatable bonds is 7. The van der Waals surface area contributed by atoms with E-state index in [-0.39, 0.29) is 11.7 Å². The molecule has 6 nitrogen and oxygen atoms in total. The first kappa shape index (κ1) is 22.0. The highest BCUT2D eigenvalue weighted by atomic mass is 79.9. The van der Waals surface area contributed by atoms with E-state index in [1.54, 1.807) is 30.3 Å². The van der Waals surface area contributed by atoms with Gasteiger partial charge in [0, 0.05) is 6.07 Å². The van der Waals surface area contributed by atoms with Gasteiger partial charge in [-0.25, -0.2) is 0 Å². The summed E-state index contributed by atoms with van der Waals surface area (Å²) in [6.45, 7) is 6.80. The Kier molecular flexibility index (Phi) is 6.57. The maximum atomic E-state index is 12.7. The molecule has 0 fully saturated rings. The summed E-state index contributed by atoms with van der Waals surface area (Å²) in [6, 6.07) is 14.5. The number of carbonyl (C=O) groups excluding carboxylic acids is 1. The predicted octanol–water partition coefficient (Wildman–Crippen LogP) is 5.65. The van der Waals surface area contributed by atoms with Gasteiger partial charge >= 0.3 is 0 Å². The van der Waals surface area contributed by atoms with Crippen molar-refractivity contribution < 1.29 is 23.4 Å². The van der Waals surface area contributed by atoms with Crippen molar-refractivity contribution in [1.29, 1.82) is 0 Å². The molecule has 1 N–H and O–H groups in total. The second-order valence-corrected chi connectivity index (χ2v) is 13.5. The minimum atomic E-state index is -1.50. The number of amides is 1. The fourth-order valence-corrected chi connectivity index (χ4v) is 4.28. The molecule has 30 heavy (non-hydrogen) atoms. The molecule has 2 aromatic carbocycles. The van der Waals surface area contributed by atoms with Crippen molar-refractivity contribution in [3.63, 3.8) is 0 Å². The first-order valence-electron chi connectivity index (χ1n) is 9.33. The Hall–Kier alpha value is -2.71. The van der Waals surface area contributed by atoms with Gasteiger partial charge in [0.05, 0.1) is 26.8 Å². The lowest BCUT2D eigenvalue weighted by Gasteiger charge is -2.18. The topological polar surface area (TPSA) is 69.9 Å². The van der Waals surface area contributed by atoms with E-state index in [1.165, 1.54) is 19.4 Å². The molecule has 1 amide bonds.